The minimum Gasteiger partial charge on any atom is -0.348 e. The van der Waals surface area contributed by atoms with Crippen molar-refractivity contribution in [1.82, 2.24) is 5.32 Å². The summed E-state index contributed by atoms with van der Waals surface area (Å²) >= 11 is 1.17. The Morgan fingerprint density at radius 3 is 2.43 bits per heavy atom. The monoisotopic (exact) mass is 499 g/mol. The minimum absolute atomic E-state index is 0.0670. The Hall–Kier alpha value is -3.84. The van der Waals surface area contributed by atoms with Crippen LogP contribution in [0.2, 0.25) is 0 Å². The highest BCUT2D eigenvalue weighted by Crippen LogP contribution is 2.41. The standard InChI is InChI=1S/C25H17F4N3O2S/c26-17-3-1-16(20(29)11-17)12-31-24(33)15-2-4-22-21(9-15)32(25(34)23(35-22)5-6-30)13-14-7-18(27)10-19(28)8-14/h1-4,7-11,23H,5,12-13H2,(H,31,33). The van der Waals surface area contributed by atoms with Gasteiger partial charge in [0, 0.05) is 34.7 Å². The van der Waals surface area contributed by atoms with Gasteiger partial charge < -0.3 is 10.2 Å². The summed E-state index contributed by atoms with van der Waals surface area (Å²) in [4.78, 5) is 27.7. The van der Waals surface area contributed by atoms with Crippen molar-refractivity contribution in [1.29, 1.82) is 5.26 Å². The smallest absolute Gasteiger partial charge is 0.251 e. The molecule has 1 aliphatic rings. The van der Waals surface area contributed by atoms with Crippen LogP contribution in [0.4, 0.5) is 23.2 Å². The fraction of sp³-hybridized carbons (Fsp3) is 0.160. The number of thioether (sulfide) groups is 1. The zero-order valence-corrected chi connectivity index (χ0v) is 18.8. The third kappa shape index (κ3) is 5.46. The van der Waals surface area contributed by atoms with Gasteiger partial charge in [-0.3, -0.25) is 9.59 Å². The summed E-state index contributed by atoms with van der Waals surface area (Å²) in [5, 5.41) is 10.9. The van der Waals surface area contributed by atoms with Gasteiger partial charge >= 0.3 is 0 Å². The second kappa shape index (κ2) is 10.2. The quantitative estimate of drug-likeness (QED) is 0.480. The lowest BCUT2D eigenvalue weighted by Crippen LogP contribution is -2.40. The van der Waals surface area contributed by atoms with Crippen LogP contribution in [0.3, 0.4) is 0 Å². The molecule has 1 N–H and O–H groups in total. The molecule has 0 radical (unpaired) electrons. The summed E-state index contributed by atoms with van der Waals surface area (Å²) in [7, 11) is 0. The molecule has 178 valence electrons. The van der Waals surface area contributed by atoms with Gasteiger partial charge in [0.1, 0.15) is 28.5 Å². The van der Waals surface area contributed by atoms with Gasteiger partial charge in [0.25, 0.3) is 5.91 Å². The molecule has 1 unspecified atom stereocenters. The Balaban J connectivity index is 1.62. The van der Waals surface area contributed by atoms with Crippen molar-refractivity contribution in [3.63, 3.8) is 0 Å². The Bertz CT molecular complexity index is 1340. The number of rotatable bonds is 6. The average Bonchev–Trinajstić information content (AvgIpc) is 2.80. The summed E-state index contributed by atoms with van der Waals surface area (Å²) in [6, 6.07) is 12.5. The first-order valence-electron chi connectivity index (χ1n) is 10.4. The van der Waals surface area contributed by atoms with Gasteiger partial charge in [-0.05, 0) is 42.0 Å². The van der Waals surface area contributed by atoms with Crippen molar-refractivity contribution in [2.24, 2.45) is 0 Å². The fourth-order valence-electron chi connectivity index (χ4n) is 3.67. The maximum Gasteiger partial charge on any atom is 0.251 e. The highest BCUT2D eigenvalue weighted by atomic mass is 32.2. The van der Waals surface area contributed by atoms with E-state index >= 15 is 0 Å². The number of carbonyl (C=O) groups is 2. The van der Waals surface area contributed by atoms with Gasteiger partial charge in [0.15, 0.2) is 0 Å². The molecular formula is C25H17F4N3O2S. The maximum atomic E-state index is 13.9. The number of fused-ring (bicyclic) bond motifs is 1. The first-order valence-corrected chi connectivity index (χ1v) is 11.3. The molecule has 4 rings (SSSR count). The van der Waals surface area contributed by atoms with Gasteiger partial charge in [-0.2, -0.15) is 5.26 Å². The molecule has 1 atom stereocenters. The Kier molecular flexibility index (Phi) is 7.07. The van der Waals surface area contributed by atoms with Crippen molar-refractivity contribution in [2.75, 3.05) is 4.90 Å². The lowest BCUT2D eigenvalue weighted by Gasteiger charge is -2.33. The van der Waals surface area contributed by atoms with E-state index in [1.807, 2.05) is 6.07 Å². The summed E-state index contributed by atoms with van der Waals surface area (Å²) in [5.41, 5.74) is 0.803. The zero-order chi connectivity index (χ0) is 25.1. The van der Waals surface area contributed by atoms with E-state index in [1.54, 1.807) is 6.07 Å². The van der Waals surface area contributed by atoms with Crippen molar-refractivity contribution < 1.29 is 27.2 Å². The second-order valence-corrected chi connectivity index (χ2v) is 9.02. The molecule has 0 fully saturated rings. The van der Waals surface area contributed by atoms with Gasteiger partial charge in [-0.15, -0.1) is 11.8 Å². The summed E-state index contributed by atoms with van der Waals surface area (Å²) in [5.74, 6) is -4.12. The molecule has 10 heteroatoms. The van der Waals surface area contributed by atoms with Crippen LogP contribution in [0, 0.1) is 34.6 Å². The van der Waals surface area contributed by atoms with Gasteiger partial charge in [-0.25, -0.2) is 17.6 Å². The molecule has 35 heavy (non-hydrogen) atoms. The van der Waals surface area contributed by atoms with Crippen molar-refractivity contribution in [3.8, 4) is 6.07 Å². The number of nitriles is 1. The maximum absolute atomic E-state index is 13.9. The Morgan fingerprint density at radius 2 is 1.74 bits per heavy atom. The molecule has 3 aromatic carbocycles. The van der Waals surface area contributed by atoms with Gasteiger partial charge in [-0.1, -0.05) is 6.07 Å². The predicted molar refractivity (Wildman–Crippen MR) is 121 cm³/mol. The first-order chi connectivity index (χ1) is 16.7. The van der Waals surface area contributed by atoms with Gasteiger partial charge in [0.2, 0.25) is 5.91 Å². The lowest BCUT2D eigenvalue weighted by atomic mass is 10.1. The van der Waals surface area contributed by atoms with Crippen molar-refractivity contribution >= 4 is 29.3 Å². The molecule has 5 nitrogen and oxygen atoms in total. The van der Waals surface area contributed by atoms with E-state index in [2.05, 4.69) is 5.32 Å². The zero-order valence-electron chi connectivity index (χ0n) is 18.0. The van der Waals surface area contributed by atoms with Crippen LogP contribution in [0.5, 0.6) is 0 Å². The summed E-state index contributed by atoms with van der Waals surface area (Å²) < 4.78 is 54.4. The number of amides is 2. The Labute approximate surface area is 202 Å². The SMILES string of the molecule is N#CCC1Sc2ccc(C(=O)NCc3ccc(F)cc3F)cc2N(Cc2cc(F)cc(F)c2)C1=O. The molecule has 3 aromatic rings. The molecule has 0 spiro atoms. The number of carbonyl (C=O) groups excluding carboxylic acids is 2. The minimum atomic E-state index is -0.797. The predicted octanol–water partition coefficient (Wildman–Crippen LogP) is 5.09. The van der Waals surface area contributed by atoms with Crippen molar-refractivity contribution in [2.45, 2.75) is 29.7 Å². The molecule has 0 bridgehead atoms. The van der Waals surface area contributed by atoms with Crippen LogP contribution in [0.1, 0.15) is 27.9 Å². The molecule has 1 aliphatic heterocycles. The van der Waals surface area contributed by atoms with Gasteiger partial charge in [0.05, 0.1) is 24.7 Å². The van der Waals surface area contributed by atoms with Crippen LogP contribution >= 0.6 is 11.8 Å². The molecule has 0 saturated carbocycles. The third-order valence-corrected chi connectivity index (χ3v) is 6.57. The highest BCUT2D eigenvalue weighted by molar-refractivity contribution is 8.01. The van der Waals surface area contributed by atoms with Crippen LogP contribution < -0.4 is 10.2 Å². The number of hydrogen-bond acceptors (Lipinski definition) is 4. The van der Waals surface area contributed by atoms with E-state index in [-0.39, 0.29) is 36.2 Å². The van der Waals surface area contributed by atoms with E-state index in [9.17, 15) is 27.2 Å². The number of benzene rings is 3. The fourth-order valence-corrected chi connectivity index (χ4v) is 4.80. The summed E-state index contributed by atoms with van der Waals surface area (Å²) in [6.45, 7) is -0.360. The number of anilines is 1. The highest BCUT2D eigenvalue weighted by Gasteiger charge is 2.34. The first kappa shape index (κ1) is 24.3. The van der Waals surface area contributed by atoms with E-state index in [1.165, 1.54) is 34.9 Å². The number of nitrogens with zero attached hydrogens (tertiary/aromatic N) is 2. The molecule has 1 heterocycles. The van der Waals surface area contributed by atoms with Crippen LogP contribution in [-0.4, -0.2) is 17.1 Å². The van der Waals surface area contributed by atoms with Crippen LogP contribution in [-0.2, 0) is 17.9 Å². The van der Waals surface area contributed by atoms with E-state index in [4.69, 9.17) is 5.26 Å². The van der Waals surface area contributed by atoms with E-state index < -0.39 is 40.3 Å². The van der Waals surface area contributed by atoms with E-state index in [0.29, 0.717) is 16.6 Å². The number of halogens is 4. The lowest BCUT2D eigenvalue weighted by molar-refractivity contribution is -0.118. The second-order valence-electron chi connectivity index (χ2n) is 7.77. The molecule has 2 amide bonds. The van der Waals surface area contributed by atoms with Crippen LogP contribution in [0.25, 0.3) is 0 Å². The summed E-state index contributed by atoms with van der Waals surface area (Å²) in [6.07, 6.45) is -0.0670. The average molecular weight is 499 g/mol. The number of hydrogen-bond donors (Lipinski definition) is 1. The molecular weight excluding hydrogens is 482 g/mol. The molecule has 0 aliphatic carbocycles. The third-order valence-electron chi connectivity index (χ3n) is 5.32. The topological polar surface area (TPSA) is 73.2 Å². The van der Waals surface area contributed by atoms with Crippen LogP contribution in [0.15, 0.2) is 59.5 Å². The number of nitrogens with one attached hydrogen (secondary N) is 1. The van der Waals surface area contributed by atoms with Crippen molar-refractivity contribution in [3.05, 3.63) is 94.6 Å². The van der Waals surface area contributed by atoms with E-state index in [0.717, 1.165) is 24.3 Å². The normalized spacial score (nSPS) is 14.9. The largest absolute Gasteiger partial charge is 0.348 e. The molecule has 0 saturated heterocycles. The molecule has 0 aromatic heterocycles. The Morgan fingerprint density at radius 1 is 1.00 bits per heavy atom.